The van der Waals surface area contributed by atoms with E-state index in [9.17, 15) is 4.79 Å². The second-order valence-electron chi connectivity index (χ2n) is 4.19. The Morgan fingerprint density at radius 3 is 2.47 bits per heavy atom. The lowest BCUT2D eigenvalue weighted by molar-refractivity contribution is -0.143. The Kier molecular flexibility index (Phi) is 4.71. The summed E-state index contributed by atoms with van der Waals surface area (Å²) in [6, 6.07) is 9.15. The molecule has 0 atom stereocenters. The molecule has 0 unspecified atom stereocenters. The molecular formula is C15H19NO3. The first-order valence-electron chi connectivity index (χ1n) is 6.57. The molecule has 2 rings (SSSR count). The van der Waals surface area contributed by atoms with Crippen molar-refractivity contribution < 1.29 is 9.47 Å². The molecule has 0 saturated heterocycles. The van der Waals surface area contributed by atoms with Gasteiger partial charge in [0.25, 0.3) is 0 Å². The van der Waals surface area contributed by atoms with E-state index in [1.807, 2.05) is 42.7 Å². The molecule has 0 spiro atoms. The van der Waals surface area contributed by atoms with Crippen molar-refractivity contribution >= 4 is 10.9 Å². The van der Waals surface area contributed by atoms with Gasteiger partial charge in [-0.15, -0.1) is 0 Å². The lowest BCUT2D eigenvalue weighted by atomic mass is 10.2. The monoisotopic (exact) mass is 261 g/mol. The summed E-state index contributed by atoms with van der Waals surface area (Å²) in [7, 11) is 0. The Labute approximate surface area is 112 Å². The van der Waals surface area contributed by atoms with Gasteiger partial charge in [0.2, 0.25) is 0 Å². The van der Waals surface area contributed by atoms with Crippen LogP contribution in [0.3, 0.4) is 0 Å². The minimum absolute atomic E-state index is 0.0382. The lowest BCUT2D eigenvalue weighted by Gasteiger charge is -2.19. The van der Waals surface area contributed by atoms with Gasteiger partial charge in [0.15, 0.2) is 11.7 Å². The maximum Gasteiger partial charge on any atom is 0.189 e. The van der Waals surface area contributed by atoms with Gasteiger partial charge in [-0.25, -0.2) is 0 Å². The van der Waals surface area contributed by atoms with E-state index in [-0.39, 0.29) is 11.7 Å². The van der Waals surface area contributed by atoms with E-state index < -0.39 is 0 Å². The van der Waals surface area contributed by atoms with E-state index in [0.29, 0.717) is 19.8 Å². The normalized spacial score (nSPS) is 11.3. The first kappa shape index (κ1) is 13.8. The maximum atomic E-state index is 11.8. The largest absolute Gasteiger partial charge is 0.351 e. The van der Waals surface area contributed by atoms with E-state index in [2.05, 4.69) is 0 Å². The van der Waals surface area contributed by atoms with Crippen LogP contribution in [0.5, 0.6) is 0 Å². The number of hydrogen-bond donors (Lipinski definition) is 0. The van der Waals surface area contributed by atoms with Crippen molar-refractivity contribution in [3.05, 3.63) is 46.8 Å². The summed E-state index contributed by atoms with van der Waals surface area (Å²) in [6.07, 6.45) is 1.50. The van der Waals surface area contributed by atoms with Crippen LogP contribution in [0, 0.1) is 0 Å². The van der Waals surface area contributed by atoms with Crippen LogP contribution in [0.2, 0.25) is 0 Å². The number of fused-ring (bicyclic) bond motifs is 1. The van der Waals surface area contributed by atoms with E-state index in [4.69, 9.17) is 9.47 Å². The van der Waals surface area contributed by atoms with Gasteiger partial charge in [0.1, 0.15) is 0 Å². The van der Waals surface area contributed by atoms with Crippen LogP contribution in [-0.4, -0.2) is 24.1 Å². The summed E-state index contributed by atoms with van der Waals surface area (Å²) >= 11 is 0. The van der Waals surface area contributed by atoms with Gasteiger partial charge in [-0.05, 0) is 26.0 Å². The highest BCUT2D eigenvalue weighted by Crippen LogP contribution is 2.11. The van der Waals surface area contributed by atoms with Gasteiger partial charge in [0.05, 0.1) is 12.1 Å². The van der Waals surface area contributed by atoms with Crippen molar-refractivity contribution in [2.75, 3.05) is 13.2 Å². The molecule has 0 aliphatic heterocycles. The van der Waals surface area contributed by atoms with Gasteiger partial charge < -0.3 is 14.0 Å². The van der Waals surface area contributed by atoms with Crippen LogP contribution in [0.15, 0.2) is 41.3 Å². The van der Waals surface area contributed by atoms with Crippen molar-refractivity contribution in [1.29, 1.82) is 0 Å². The molecule has 2 aromatic rings. The number of aromatic nitrogens is 1. The van der Waals surface area contributed by atoms with Gasteiger partial charge in [0, 0.05) is 30.9 Å². The van der Waals surface area contributed by atoms with Crippen LogP contribution in [0.25, 0.3) is 10.9 Å². The first-order valence-corrected chi connectivity index (χ1v) is 6.57. The van der Waals surface area contributed by atoms with E-state index in [1.54, 1.807) is 12.3 Å². The third-order valence-corrected chi connectivity index (χ3v) is 2.94. The molecule has 4 heteroatoms. The maximum absolute atomic E-state index is 11.8. The zero-order valence-electron chi connectivity index (χ0n) is 11.3. The summed E-state index contributed by atoms with van der Waals surface area (Å²) in [5.74, 6) is 0. The molecule has 0 saturated carbocycles. The van der Waals surface area contributed by atoms with E-state index in [1.165, 1.54) is 0 Å². The van der Waals surface area contributed by atoms with Crippen LogP contribution >= 0.6 is 0 Å². The highest BCUT2D eigenvalue weighted by molar-refractivity contribution is 5.78. The third-order valence-electron chi connectivity index (χ3n) is 2.94. The van der Waals surface area contributed by atoms with Gasteiger partial charge >= 0.3 is 0 Å². The average molecular weight is 261 g/mol. The smallest absolute Gasteiger partial charge is 0.189 e. The van der Waals surface area contributed by atoms with Crippen molar-refractivity contribution in [1.82, 2.24) is 4.57 Å². The quantitative estimate of drug-likeness (QED) is 0.750. The molecular weight excluding hydrogens is 242 g/mol. The Morgan fingerprint density at radius 2 is 1.79 bits per heavy atom. The number of rotatable bonds is 6. The molecule has 4 nitrogen and oxygen atoms in total. The highest BCUT2D eigenvalue weighted by atomic mass is 16.7. The van der Waals surface area contributed by atoms with Crippen molar-refractivity contribution in [2.45, 2.75) is 26.7 Å². The SMILES string of the molecule is CCOC(Cn1ccc(=O)c2ccccc21)OCC. The molecule has 0 radical (unpaired) electrons. The fourth-order valence-electron chi connectivity index (χ4n) is 2.11. The fraction of sp³-hybridized carbons (Fsp3) is 0.400. The zero-order valence-corrected chi connectivity index (χ0v) is 11.3. The Balaban J connectivity index is 2.34. The fourth-order valence-corrected chi connectivity index (χ4v) is 2.11. The summed E-state index contributed by atoms with van der Waals surface area (Å²) in [4.78, 5) is 11.8. The van der Waals surface area contributed by atoms with E-state index in [0.717, 1.165) is 10.9 Å². The molecule has 19 heavy (non-hydrogen) atoms. The summed E-state index contributed by atoms with van der Waals surface area (Å²) in [5, 5.41) is 0.719. The number of benzene rings is 1. The summed E-state index contributed by atoms with van der Waals surface area (Å²) < 4.78 is 13.1. The summed E-state index contributed by atoms with van der Waals surface area (Å²) in [5.41, 5.74) is 0.940. The standard InChI is InChI=1S/C15H19NO3/c1-3-18-15(19-4-2)11-16-10-9-14(17)12-7-5-6-8-13(12)16/h5-10,15H,3-4,11H2,1-2H3. The van der Waals surface area contributed by atoms with Crippen LogP contribution < -0.4 is 5.43 Å². The molecule has 0 bridgehead atoms. The molecule has 0 aliphatic carbocycles. The Hall–Kier alpha value is -1.65. The molecule has 0 amide bonds. The minimum atomic E-state index is -0.291. The minimum Gasteiger partial charge on any atom is -0.351 e. The lowest BCUT2D eigenvalue weighted by Crippen LogP contribution is -2.24. The number of pyridine rings is 1. The molecule has 0 aliphatic rings. The molecule has 1 heterocycles. The van der Waals surface area contributed by atoms with Crippen LogP contribution in [-0.2, 0) is 16.0 Å². The van der Waals surface area contributed by atoms with Crippen LogP contribution in [0.4, 0.5) is 0 Å². The van der Waals surface area contributed by atoms with Crippen LogP contribution in [0.1, 0.15) is 13.8 Å². The highest BCUT2D eigenvalue weighted by Gasteiger charge is 2.10. The molecule has 1 aromatic carbocycles. The number of hydrogen-bond acceptors (Lipinski definition) is 3. The van der Waals surface area contributed by atoms with Gasteiger partial charge in [-0.2, -0.15) is 0 Å². The Bertz CT molecular complexity index is 585. The topological polar surface area (TPSA) is 40.5 Å². The van der Waals surface area contributed by atoms with Crippen molar-refractivity contribution in [3.8, 4) is 0 Å². The predicted molar refractivity (Wildman–Crippen MR) is 75.2 cm³/mol. The van der Waals surface area contributed by atoms with Crippen molar-refractivity contribution in [2.24, 2.45) is 0 Å². The Morgan fingerprint density at radius 1 is 1.11 bits per heavy atom. The molecule has 0 fully saturated rings. The predicted octanol–water partition coefficient (Wildman–Crippen LogP) is 2.40. The zero-order chi connectivity index (χ0) is 13.7. The number of ether oxygens (including phenoxy) is 2. The van der Waals surface area contributed by atoms with Gasteiger partial charge in [-0.3, -0.25) is 4.79 Å². The third kappa shape index (κ3) is 3.22. The second-order valence-corrected chi connectivity index (χ2v) is 4.19. The average Bonchev–Trinajstić information content (AvgIpc) is 2.43. The van der Waals surface area contributed by atoms with Crippen molar-refractivity contribution in [3.63, 3.8) is 0 Å². The summed E-state index contributed by atoms with van der Waals surface area (Å²) in [6.45, 7) is 5.65. The molecule has 102 valence electrons. The molecule has 1 aromatic heterocycles. The number of para-hydroxylation sites is 1. The molecule has 0 N–H and O–H groups in total. The van der Waals surface area contributed by atoms with E-state index >= 15 is 0 Å². The van der Waals surface area contributed by atoms with Gasteiger partial charge in [-0.1, -0.05) is 12.1 Å². The first-order chi connectivity index (χ1) is 9.26. The number of nitrogens with zero attached hydrogens (tertiary/aromatic N) is 1. The second kappa shape index (κ2) is 6.50.